The number of anilines is 3. The van der Waals surface area contributed by atoms with Gasteiger partial charge in [0.1, 0.15) is 5.52 Å². The molecule has 3 N–H and O–H groups in total. The number of aromatic nitrogens is 4. The number of piperidine rings is 1. The van der Waals surface area contributed by atoms with Crippen LogP contribution >= 0.6 is 11.6 Å². The van der Waals surface area contributed by atoms with Gasteiger partial charge in [0.15, 0.2) is 11.5 Å². The maximum atomic E-state index is 14.8. The molecule has 1 aliphatic rings. The zero-order chi connectivity index (χ0) is 26.4. The van der Waals surface area contributed by atoms with Crippen LogP contribution in [0.3, 0.4) is 0 Å². The summed E-state index contributed by atoms with van der Waals surface area (Å²) >= 11 is 6.01. The van der Waals surface area contributed by atoms with E-state index in [9.17, 15) is 14.3 Å². The lowest BCUT2D eigenvalue weighted by Gasteiger charge is -2.45. The minimum absolute atomic E-state index is 0.00155. The van der Waals surface area contributed by atoms with Crippen molar-refractivity contribution >= 4 is 46.4 Å². The third-order valence-corrected chi connectivity index (χ3v) is 6.59. The Morgan fingerprint density at radius 1 is 1.19 bits per heavy atom. The van der Waals surface area contributed by atoms with Crippen molar-refractivity contribution in [1.82, 2.24) is 24.4 Å². The topological polar surface area (TPSA) is 108 Å². The van der Waals surface area contributed by atoms with Gasteiger partial charge in [-0.2, -0.15) is 4.98 Å². The maximum Gasteiger partial charge on any atom is 0.407 e. The fourth-order valence-electron chi connectivity index (χ4n) is 4.67. The van der Waals surface area contributed by atoms with E-state index in [-0.39, 0.29) is 33.7 Å². The molecule has 2 unspecified atom stereocenters. The molecule has 0 aliphatic carbocycles. The van der Waals surface area contributed by atoms with Crippen molar-refractivity contribution in [3.05, 3.63) is 35.2 Å². The molecule has 1 aliphatic heterocycles. The molecule has 1 amide bonds. The molecule has 3 heterocycles. The van der Waals surface area contributed by atoms with Crippen LogP contribution in [0.5, 0.6) is 0 Å². The van der Waals surface area contributed by atoms with Gasteiger partial charge in [0, 0.05) is 24.2 Å². The molecule has 0 spiro atoms. The summed E-state index contributed by atoms with van der Waals surface area (Å²) in [5, 5.41) is 16.2. The van der Waals surface area contributed by atoms with Gasteiger partial charge in [0.25, 0.3) is 0 Å². The number of nitrogens with zero attached hydrogens (tertiary/aromatic N) is 5. The number of carboxylic acid groups (broad SMARTS) is 1. The number of imidazole rings is 1. The van der Waals surface area contributed by atoms with E-state index in [4.69, 9.17) is 21.6 Å². The van der Waals surface area contributed by atoms with Crippen LogP contribution in [-0.4, -0.2) is 53.7 Å². The van der Waals surface area contributed by atoms with E-state index in [2.05, 4.69) is 15.6 Å². The molecule has 0 radical (unpaired) electrons. The lowest BCUT2D eigenvalue weighted by Crippen LogP contribution is -2.51. The van der Waals surface area contributed by atoms with Gasteiger partial charge >= 0.3 is 6.09 Å². The fourth-order valence-corrected chi connectivity index (χ4v) is 4.85. The Balaban J connectivity index is 1.83. The van der Waals surface area contributed by atoms with Crippen LogP contribution in [0.15, 0.2) is 24.4 Å². The number of likely N-dealkylation sites (tertiary alicyclic amines) is 1. The van der Waals surface area contributed by atoms with Gasteiger partial charge in [0.2, 0.25) is 11.9 Å². The van der Waals surface area contributed by atoms with Crippen LogP contribution in [0.1, 0.15) is 60.4 Å². The van der Waals surface area contributed by atoms with E-state index in [1.54, 1.807) is 18.3 Å². The molecule has 194 valence electrons. The first-order valence-electron chi connectivity index (χ1n) is 12.0. The molecular formula is C25H33ClFN7O2. The summed E-state index contributed by atoms with van der Waals surface area (Å²) < 4.78 is 16.7. The van der Waals surface area contributed by atoms with Gasteiger partial charge in [-0.25, -0.2) is 19.2 Å². The third-order valence-electron chi connectivity index (χ3n) is 6.30. The molecule has 1 fully saturated rings. The Kier molecular flexibility index (Phi) is 6.76. The Morgan fingerprint density at radius 3 is 2.56 bits per heavy atom. The summed E-state index contributed by atoms with van der Waals surface area (Å²) in [7, 11) is 0. The van der Waals surface area contributed by atoms with Crippen molar-refractivity contribution in [2.75, 3.05) is 17.2 Å². The molecule has 9 nitrogen and oxygen atoms in total. The van der Waals surface area contributed by atoms with E-state index < -0.39 is 11.9 Å². The highest BCUT2D eigenvalue weighted by atomic mass is 35.5. The van der Waals surface area contributed by atoms with Crippen molar-refractivity contribution < 1.29 is 14.3 Å². The lowest BCUT2D eigenvalue weighted by molar-refractivity contribution is 0.0437. The zero-order valence-corrected chi connectivity index (χ0v) is 22.2. The Labute approximate surface area is 215 Å². The fraction of sp³-hybridized carbons (Fsp3) is 0.520. The average Bonchev–Trinajstić information content (AvgIpc) is 3.12. The first-order chi connectivity index (χ1) is 16.7. The first-order valence-corrected chi connectivity index (χ1v) is 12.4. The number of amides is 1. The molecule has 1 saturated heterocycles. The predicted molar refractivity (Wildman–Crippen MR) is 140 cm³/mol. The Hall–Kier alpha value is -3.14. The monoisotopic (exact) mass is 517 g/mol. The van der Waals surface area contributed by atoms with Crippen molar-refractivity contribution in [3.8, 4) is 0 Å². The van der Waals surface area contributed by atoms with Crippen LogP contribution in [0.25, 0.3) is 11.2 Å². The summed E-state index contributed by atoms with van der Waals surface area (Å²) in [6, 6.07) is 4.38. The number of hydrogen-bond acceptors (Lipinski definition) is 6. The quantitative estimate of drug-likeness (QED) is 0.372. The number of fused-ring (bicyclic) bond motifs is 1. The second-order valence-corrected chi connectivity index (χ2v) is 11.8. The first kappa shape index (κ1) is 25.9. The highest BCUT2D eigenvalue weighted by Crippen LogP contribution is 2.40. The van der Waals surface area contributed by atoms with E-state index in [1.807, 2.05) is 46.1 Å². The van der Waals surface area contributed by atoms with Gasteiger partial charge in [-0.3, -0.25) is 4.57 Å². The number of hydrogen-bond donors (Lipinski definition) is 3. The van der Waals surface area contributed by atoms with Crippen LogP contribution in [-0.2, 0) is 0 Å². The Morgan fingerprint density at radius 2 is 1.92 bits per heavy atom. The number of carbonyl (C=O) groups is 1. The molecular weight excluding hydrogens is 485 g/mol. The van der Waals surface area contributed by atoms with Crippen molar-refractivity contribution in [3.63, 3.8) is 0 Å². The van der Waals surface area contributed by atoms with Crippen molar-refractivity contribution in [2.45, 2.75) is 72.0 Å². The predicted octanol–water partition coefficient (Wildman–Crippen LogP) is 6.30. The van der Waals surface area contributed by atoms with Gasteiger partial charge in [-0.1, -0.05) is 38.4 Å². The van der Waals surface area contributed by atoms with E-state index in [0.717, 1.165) is 0 Å². The maximum absolute atomic E-state index is 14.8. The second kappa shape index (κ2) is 9.38. The largest absolute Gasteiger partial charge is 0.465 e. The summed E-state index contributed by atoms with van der Waals surface area (Å²) in [6.45, 7) is 12.5. The molecule has 4 rings (SSSR count). The molecule has 0 saturated carbocycles. The van der Waals surface area contributed by atoms with Gasteiger partial charge in [0.05, 0.1) is 16.9 Å². The van der Waals surface area contributed by atoms with Crippen LogP contribution < -0.4 is 10.6 Å². The molecule has 1 aromatic carbocycles. The number of nitrogens with one attached hydrogen (secondary N) is 2. The van der Waals surface area contributed by atoms with Gasteiger partial charge in [-0.05, 0) is 51.2 Å². The van der Waals surface area contributed by atoms with Crippen LogP contribution in [0.2, 0.25) is 5.02 Å². The van der Waals surface area contributed by atoms with Gasteiger partial charge < -0.3 is 20.6 Å². The standard InChI is InChI=1S/C25H33ClFN7O2/c1-24(2,3)18-12-14(10-11-33(18)23(35)36)34-20-17(13-28-21(31-20)32-25(4,5)6)30-22(34)29-16-9-7-8-15(26)19(16)27/h7-9,13-14,18H,10-12H2,1-6H3,(H,29,30)(H,35,36)(H,28,31,32). The van der Waals surface area contributed by atoms with Crippen LogP contribution in [0.4, 0.5) is 26.8 Å². The molecule has 0 bridgehead atoms. The average molecular weight is 518 g/mol. The SMILES string of the molecule is CC(C)(C)Nc1ncc2nc(Nc3cccc(Cl)c3F)n(C3CCN(C(=O)O)C(C(C)(C)C)C3)c2n1. The van der Waals surface area contributed by atoms with Gasteiger partial charge in [-0.15, -0.1) is 0 Å². The zero-order valence-electron chi connectivity index (χ0n) is 21.4. The number of rotatable bonds is 4. The third kappa shape index (κ3) is 5.33. The number of halogens is 2. The minimum atomic E-state index is -0.929. The van der Waals surface area contributed by atoms with E-state index >= 15 is 0 Å². The Bertz CT molecular complexity index is 1280. The second-order valence-electron chi connectivity index (χ2n) is 11.3. The minimum Gasteiger partial charge on any atom is -0.465 e. The van der Waals surface area contributed by atoms with Crippen LogP contribution in [0, 0.1) is 11.2 Å². The molecule has 36 heavy (non-hydrogen) atoms. The van der Waals surface area contributed by atoms with Crippen molar-refractivity contribution in [2.24, 2.45) is 5.41 Å². The van der Waals surface area contributed by atoms with E-state index in [0.29, 0.717) is 42.4 Å². The van der Waals surface area contributed by atoms with Crippen molar-refractivity contribution in [1.29, 1.82) is 0 Å². The van der Waals surface area contributed by atoms with E-state index in [1.165, 1.54) is 11.0 Å². The molecule has 11 heteroatoms. The smallest absolute Gasteiger partial charge is 0.407 e. The highest BCUT2D eigenvalue weighted by Gasteiger charge is 2.40. The highest BCUT2D eigenvalue weighted by molar-refractivity contribution is 6.31. The summed E-state index contributed by atoms with van der Waals surface area (Å²) in [4.78, 5) is 27.4. The lowest BCUT2D eigenvalue weighted by atomic mass is 9.79. The molecule has 3 aromatic rings. The normalized spacial score (nSPS) is 18.9. The summed E-state index contributed by atoms with van der Waals surface area (Å²) in [5.74, 6) is 0.272. The number of benzene rings is 1. The molecule has 2 aromatic heterocycles. The summed E-state index contributed by atoms with van der Waals surface area (Å²) in [6.07, 6.45) is 1.82. The summed E-state index contributed by atoms with van der Waals surface area (Å²) in [5.41, 5.74) is 0.785. The molecule has 2 atom stereocenters.